The molecule has 2 aromatic rings. The van der Waals surface area contributed by atoms with Crippen LogP contribution in [-0.2, 0) is 6.42 Å². The molecule has 2 rings (SSSR count). The summed E-state index contributed by atoms with van der Waals surface area (Å²) in [6.07, 6.45) is 2.84. The third-order valence-corrected chi connectivity index (χ3v) is 3.14. The third-order valence-electron chi connectivity index (χ3n) is 3.14. The zero-order valence-corrected chi connectivity index (χ0v) is 11.0. The van der Waals surface area contributed by atoms with Gasteiger partial charge in [0, 0.05) is 6.42 Å². The summed E-state index contributed by atoms with van der Waals surface area (Å²) < 4.78 is 1.57. The Kier molecular flexibility index (Phi) is 3.63. The summed E-state index contributed by atoms with van der Waals surface area (Å²) in [4.78, 5) is 0. The first-order valence-corrected chi connectivity index (χ1v) is 6.19. The Morgan fingerprint density at radius 2 is 2.16 bits per heavy atom. The molecule has 0 amide bonds. The van der Waals surface area contributed by atoms with Crippen LogP contribution in [-0.4, -0.2) is 25.7 Å². The fraction of sp³-hybridized carbons (Fsp3) is 0.357. The smallest absolute Gasteiger partial charge is 0.101 e. The molecule has 0 bridgehead atoms. The molecule has 1 atom stereocenters. The minimum atomic E-state index is -0.782. The lowest BCUT2D eigenvalue weighted by atomic mass is 9.98. The molecule has 0 spiro atoms. The summed E-state index contributed by atoms with van der Waals surface area (Å²) in [6, 6.07) is 9.33. The van der Waals surface area contributed by atoms with E-state index in [1.807, 2.05) is 25.1 Å². The van der Waals surface area contributed by atoms with E-state index in [9.17, 15) is 5.11 Å². The molecular formula is C14H16N4O. The van der Waals surface area contributed by atoms with Crippen molar-refractivity contribution < 1.29 is 5.11 Å². The van der Waals surface area contributed by atoms with E-state index in [0.29, 0.717) is 29.8 Å². The molecule has 1 heterocycles. The van der Waals surface area contributed by atoms with Gasteiger partial charge in [0.15, 0.2) is 0 Å². The van der Waals surface area contributed by atoms with E-state index in [2.05, 4.69) is 16.4 Å². The summed E-state index contributed by atoms with van der Waals surface area (Å²) in [5.74, 6) is 0. The van der Waals surface area contributed by atoms with E-state index >= 15 is 0 Å². The Bertz CT molecular complexity index is 610. The maximum atomic E-state index is 10.0. The number of rotatable bonds is 4. The van der Waals surface area contributed by atoms with Crippen molar-refractivity contribution in [2.45, 2.75) is 32.3 Å². The number of aromatic nitrogens is 3. The van der Waals surface area contributed by atoms with E-state index in [1.54, 1.807) is 23.9 Å². The van der Waals surface area contributed by atoms with Gasteiger partial charge in [-0.15, -0.1) is 5.10 Å². The largest absolute Gasteiger partial charge is 0.390 e. The van der Waals surface area contributed by atoms with Gasteiger partial charge in [-0.25, -0.2) is 4.68 Å². The molecule has 0 aliphatic rings. The maximum Gasteiger partial charge on any atom is 0.101 e. The van der Waals surface area contributed by atoms with Crippen molar-refractivity contribution in [3.05, 3.63) is 41.7 Å². The van der Waals surface area contributed by atoms with E-state index in [0.717, 1.165) is 0 Å². The average Bonchev–Trinajstić information content (AvgIpc) is 2.86. The van der Waals surface area contributed by atoms with Crippen LogP contribution >= 0.6 is 0 Å². The predicted molar refractivity (Wildman–Crippen MR) is 70.7 cm³/mol. The molecule has 5 nitrogen and oxygen atoms in total. The highest BCUT2D eigenvalue weighted by Crippen LogP contribution is 2.17. The fourth-order valence-electron chi connectivity index (χ4n) is 1.78. The molecule has 1 aromatic heterocycles. The van der Waals surface area contributed by atoms with Gasteiger partial charge in [-0.2, -0.15) is 5.26 Å². The number of benzene rings is 1. The Morgan fingerprint density at radius 3 is 2.84 bits per heavy atom. The van der Waals surface area contributed by atoms with Gasteiger partial charge < -0.3 is 5.11 Å². The van der Waals surface area contributed by atoms with Crippen molar-refractivity contribution in [3.8, 4) is 11.8 Å². The number of nitriles is 1. The number of para-hydroxylation sites is 1. The zero-order valence-electron chi connectivity index (χ0n) is 11.0. The van der Waals surface area contributed by atoms with Crippen LogP contribution < -0.4 is 0 Å². The van der Waals surface area contributed by atoms with Gasteiger partial charge in [0.05, 0.1) is 28.7 Å². The van der Waals surface area contributed by atoms with E-state index in [-0.39, 0.29) is 0 Å². The third kappa shape index (κ3) is 2.98. The summed E-state index contributed by atoms with van der Waals surface area (Å²) in [5, 5.41) is 27.2. The molecule has 0 unspecified atom stereocenters. The predicted octanol–water partition coefficient (Wildman–Crippen LogP) is 1.84. The maximum absolute atomic E-state index is 10.0. The Hall–Kier alpha value is -2.19. The molecule has 0 aliphatic carbocycles. The van der Waals surface area contributed by atoms with Crippen molar-refractivity contribution in [1.29, 1.82) is 5.26 Å². The second-order valence-electron chi connectivity index (χ2n) is 4.81. The fourth-order valence-corrected chi connectivity index (χ4v) is 1.78. The minimum absolute atomic E-state index is 0.443. The highest BCUT2D eigenvalue weighted by atomic mass is 16.3. The van der Waals surface area contributed by atoms with Crippen molar-refractivity contribution in [2.75, 3.05) is 0 Å². The van der Waals surface area contributed by atoms with Gasteiger partial charge in [-0.05, 0) is 25.5 Å². The Labute approximate surface area is 112 Å². The lowest BCUT2D eigenvalue weighted by molar-refractivity contribution is 0.0554. The zero-order chi connectivity index (χ0) is 13.9. The van der Waals surface area contributed by atoms with Crippen LogP contribution in [0.4, 0.5) is 0 Å². The van der Waals surface area contributed by atoms with Crippen LogP contribution in [0, 0.1) is 11.3 Å². The highest BCUT2D eigenvalue weighted by molar-refractivity contribution is 5.47. The topological polar surface area (TPSA) is 74.7 Å². The molecule has 0 radical (unpaired) electrons. The molecule has 0 aliphatic heterocycles. The van der Waals surface area contributed by atoms with E-state index in [1.165, 1.54) is 0 Å². The SMILES string of the molecule is CC[C@@](C)(O)Cc1cn(-c2ccccc2C#N)nn1. The molecule has 0 saturated carbocycles. The van der Waals surface area contributed by atoms with Crippen LogP contribution in [0.1, 0.15) is 31.5 Å². The number of aliphatic hydroxyl groups is 1. The molecule has 5 heteroatoms. The summed E-state index contributed by atoms with van der Waals surface area (Å²) in [6.45, 7) is 3.70. The van der Waals surface area contributed by atoms with E-state index in [4.69, 9.17) is 5.26 Å². The first-order valence-electron chi connectivity index (χ1n) is 6.19. The first kappa shape index (κ1) is 13.2. The molecular weight excluding hydrogens is 240 g/mol. The van der Waals surface area contributed by atoms with Gasteiger partial charge in [0.1, 0.15) is 6.07 Å². The Morgan fingerprint density at radius 1 is 1.42 bits per heavy atom. The van der Waals surface area contributed by atoms with Gasteiger partial charge in [0.2, 0.25) is 0 Å². The van der Waals surface area contributed by atoms with Crippen LogP contribution in [0.2, 0.25) is 0 Å². The lowest BCUT2D eigenvalue weighted by Gasteiger charge is -2.18. The molecule has 0 saturated heterocycles. The second kappa shape index (κ2) is 5.21. The van der Waals surface area contributed by atoms with Crippen LogP contribution in [0.25, 0.3) is 5.69 Å². The van der Waals surface area contributed by atoms with Crippen molar-refractivity contribution in [3.63, 3.8) is 0 Å². The monoisotopic (exact) mass is 256 g/mol. The number of nitrogens with zero attached hydrogens (tertiary/aromatic N) is 4. The molecule has 98 valence electrons. The van der Waals surface area contributed by atoms with E-state index < -0.39 is 5.60 Å². The van der Waals surface area contributed by atoms with Gasteiger partial charge in [-0.3, -0.25) is 0 Å². The highest BCUT2D eigenvalue weighted by Gasteiger charge is 2.20. The molecule has 1 N–H and O–H groups in total. The van der Waals surface area contributed by atoms with Gasteiger partial charge >= 0.3 is 0 Å². The standard InChI is InChI=1S/C14H16N4O/c1-3-14(2,19)8-12-10-18(17-16-12)13-7-5-4-6-11(13)9-15/h4-7,10,19H,3,8H2,1-2H3/t14-/m1/s1. The summed E-state index contributed by atoms with van der Waals surface area (Å²) in [7, 11) is 0. The normalized spacial score (nSPS) is 13.8. The second-order valence-corrected chi connectivity index (χ2v) is 4.81. The van der Waals surface area contributed by atoms with Crippen molar-refractivity contribution in [1.82, 2.24) is 15.0 Å². The van der Waals surface area contributed by atoms with Crippen LogP contribution in [0.3, 0.4) is 0 Å². The van der Waals surface area contributed by atoms with Crippen LogP contribution in [0.5, 0.6) is 0 Å². The van der Waals surface area contributed by atoms with Crippen molar-refractivity contribution >= 4 is 0 Å². The molecule has 19 heavy (non-hydrogen) atoms. The molecule has 1 aromatic carbocycles. The van der Waals surface area contributed by atoms with Gasteiger partial charge in [-0.1, -0.05) is 24.3 Å². The number of hydrogen-bond donors (Lipinski definition) is 1. The minimum Gasteiger partial charge on any atom is -0.390 e. The Balaban J connectivity index is 2.29. The average molecular weight is 256 g/mol. The lowest BCUT2D eigenvalue weighted by Crippen LogP contribution is -2.25. The number of hydrogen-bond acceptors (Lipinski definition) is 4. The summed E-state index contributed by atoms with van der Waals surface area (Å²) >= 11 is 0. The first-order chi connectivity index (χ1) is 9.05. The summed E-state index contributed by atoms with van der Waals surface area (Å²) in [5.41, 5.74) is 1.16. The quantitative estimate of drug-likeness (QED) is 0.905. The van der Waals surface area contributed by atoms with Crippen molar-refractivity contribution in [2.24, 2.45) is 0 Å². The van der Waals surface area contributed by atoms with Crippen LogP contribution in [0.15, 0.2) is 30.5 Å². The van der Waals surface area contributed by atoms with Gasteiger partial charge in [0.25, 0.3) is 0 Å². The molecule has 0 fully saturated rings.